The molecule has 0 heterocycles. The number of esters is 1. The molecule has 2 aliphatic carbocycles. The van der Waals surface area contributed by atoms with Gasteiger partial charge >= 0.3 is 12.1 Å². The fourth-order valence-corrected chi connectivity index (χ4v) is 5.86. The van der Waals surface area contributed by atoms with Crippen LogP contribution in [0.2, 0.25) is 0 Å². The lowest BCUT2D eigenvalue weighted by atomic mass is 9.59. The number of fused-ring (bicyclic) bond motifs is 4. The van der Waals surface area contributed by atoms with Gasteiger partial charge in [-0.05, 0) is 69.6 Å². The zero-order valence-corrected chi connectivity index (χ0v) is 22.3. The van der Waals surface area contributed by atoms with E-state index in [9.17, 15) is 9.59 Å². The summed E-state index contributed by atoms with van der Waals surface area (Å²) in [6.07, 6.45) is 10.6. The Morgan fingerprint density at radius 3 is 2.57 bits per heavy atom. The molecule has 0 aromatic heterocycles. The number of carbonyl (C=O) groups excluding carboxylic acids is 2. The number of benzene rings is 1. The van der Waals surface area contributed by atoms with Crippen LogP contribution in [0.4, 0.5) is 9.18 Å². The minimum Gasteiger partial charge on any atom is -0.444 e. The molecule has 5 nitrogen and oxygen atoms in total. The second-order valence-electron chi connectivity index (χ2n) is 11.7. The Bertz CT molecular complexity index is 893. The lowest BCUT2D eigenvalue weighted by Crippen LogP contribution is -2.57. The summed E-state index contributed by atoms with van der Waals surface area (Å²) < 4.78 is 26.6. The van der Waals surface area contributed by atoms with Gasteiger partial charge < -0.3 is 14.8 Å². The molecule has 2 bridgehead atoms. The highest BCUT2D eigenvalue weighted by Crippen LogP contribution is 2.48. The predicted molar refractivity (Wildman–Crippen MR) is 136 cm³/mol. The van der Waals surface area contributed by atoms with E-state index in [2.05, 4.69) is 19.2 Å². The highest BCUT2D eigenvalue weighted by atomic mass is 19.1. The van der Waals surface area contributed by atoms with Crippen LogP contribution in [-0.2, 0) is 21.4 Å². The summed E-state index contributed by atoms with van der Waals surface area (Å²) >= 11 is 0. The molecule has 1 aromatic carbocycles. The number of amides is 1. The fourth-order valence-electron chi connectivity index (χ4n) is 5.86. The van der Waals surface area contributed by atoms with Crippen molar-refractivity contribution in [2.75, 3.05) is 0 Å². The van der Waals surface area contributed by atoms with Gasteiger partial charge in [0, 0.05) is 23.9 Å². The van der Waals surface area contributed by atoms with Crippen molar-refractivity contribution in [2.24, 2.45) is 5.92 Å². The summed E-state index contributed by atoms with van der Waals surface area (Å²) in [7, 11) is 0. The average molecular weight is 490 g/mol. The molecule has 35 heavy (non-hydrogen) atoms. The molecule has 3 rings (SSSR count). The fraction of sp³-hybridized carbons (Fsp3) is 0.724. The van der Waals surface area contributed by atoms with Gasteiger partial charge in [-0.25, -0.2) is 9.18 Å². The van der Waals surface area contributed by atoms with Gasteiger partial charge in [0.15, 0.2) is 0 Å². The number of hydrogen-bond donors (Lipinski definition) is 1. The van der Waals surface area contributed by atoms with Crippen LogP contribution in [0.15, 0.2) is 12.1 Å². The highest BCUT2D eigenvalue weighted by molar-refractivity contribution is 5.72. The summed E-state index contributed by atoms with van der Waals surface area (Å²) in [5, 5.41) is 3.16. The molecule has 0 radical (unpaired) electrons. The van der Waals surface area contributed by atoms with Gasteiger partial charge in [-0.1, -0.05) is 58.8 Å². The number of halogens is 1. The first-order valence-corrected chi connectivity index (χ1v) is 13.6. The van der Waals surface area contributed by atoms with E-state index in [0.29, 0.717) is 18.4 Å². The molecule has 0 saturated heterocycles. The number of alkyl carbamates (subject to hydrolysis) is 1. The maximum atomic E-state index is 15.4. The lowest BCUT2D eigenvalue weighted by molar-refractivity contribution is -0.134. The zero-order valence-electron chi connectivity index (χ0n) is 22.3. The van der Waals surface area contributed by atoms with Crippen molar-refractivity contribution >= 4 is 12.1 Å². The molecular formula is C29H44FNO4. The first kappa shape index (κ1) is 27.5. The molecule has 0 unspecified atom stereocenters. The van der Waals surface area contributed by atoms with Crippen LogP contribution in [-0.4, -0.2) is 23.7 Å². The van der Waals surface area contributed by atoms with E-state index in [1.165, 1.54) is 12.5 Å². The van der Waals surface area contributed by atoms with E-state index in [0.717, 1.165) is 63.4 Å². The van der Waals surface area contributed by atoms with Crippen molar-refractivity contribution in [3.63, 3.8) is 0 Å². The quantitative estimate of drug-likeness (QED) is 0.235. The van der Waals surface area contributed by atoms with Crippen LogP contribution < -0.4 is 10.1 Å². The van der Waals surface area contributed by atoms with Gasteiger partial charge in [0.1, 0.15) is 17.2 Å². The minimum atomic E-state index is -0.594. The number of rotatable bonds is 8. The predicted octanol–water partition coefficient (Wildman–Crippen LogP) is 7.38. The summed E-state index contributed by atoms with van der Waals surface area (Å²) in [5.74, 6) is -0.245. The molecule has 0 spiro atoms. The van der Waals surface area contributed by atoms with Gasteiger partial charge in [0.2, 0.25) is 0 Å². The minimum absolute atomic E-state index is 0.131. The van der Waals surface area contributed by atoms with Crippen LogP contribution >= 0.6 is 0 Å². The maximum Gasteiger partial charge on any atom is 0.407 e. The summed E-state index contributed by atoms with van der Waals surface area (Å²) in [4.78, 5) is 25.2. The van der Waals surface area contributed by atoms with Gasteiger partial charge in [-0.3, -0.25) is 4.79 Å². The number of carbonyl (C=O) groups is 2. The topological polar surface area (TPSA) is 64.6 Å². The third kappa shape index (κ3) is 7.20. The van der Waals surface area contributed by atoms with Crippen molar-refractivity contribution in [3.05, 3.63) is 29.1 Å². The van der Waals surface area contributed by atoms with E-state index in [-0.39, 0.29) is 29.5 Å². The molecule has 0 aliphatic heterocycles. The van der Waals surface area contributed by atoms with Crippen molar-refractivity contribution in [2.45, 2.75) is 129 Å². The van der Waals surface area contributed by atoms with Crippen LogP contribution in [0, 0.1) is 11.7 Å². The zero-order chi connectivity index (χ0) is 25.6. The maximum absolute atomic E-state index is 15.4. The van der Waals surface area contributed by atoms with Crippen molar-refractivity contribution in [1.29, 1.82) is 0 Å². The van der Waals surface area contributed by atoms with Gasteiger partial charge in [-0.15, -0.1) is 0 Å². The Morgan fingerprint density at radius 1 is 1.11 bits per heavy atom. The van der Waals surface area contributed by atoms with Gasteiger partial charge in [0.05, 0.1) is 0 Å². The highest BCUT2D eigenvalue weighted by Gasteiger charge is 2.48. The van der Waals surface area contributed by atoms with Crippen LogP contribution in [0.3, 0.4) is 0 Å². The van der Waals surface area contributed by atoms with E-state index in [1.807, 2.05) is 26.8 Å². The molecule has 6 heteroatoms. The first-order valence-electron chi connectivity index (χ1n) is 13.6. The molecule has 3 atom stereocenters. The lowest BCUT2D eigenvalue weighted by Gasteiger charge is -2.49. The van der Waals surface area contributed by atoms with E-state index in [4.69, 9.17) is 9.47 Å². The van der Waals surface area contributed by atoms with Crippen LogP contribution in [0.1, 0.15) is 116 Å². The normalized spacial score (nSPS) is 24.1. The number of ether oxygens (including phenoxy) is 2. The number of nitrogens with one attached hydrogen (secondary N) is 1. The molecular weight excluding hydrogens is 445 g/mol. The molecule has 1 aromatic rings. The second kappa shape index (κ2) is 11.7. The third-order valence-electron chi connectivity index (χ3n) is 7.57. The Labute approximate surface area is 210 Å². The Morgan fingerprint density at radius 2 is 1.86 bits per heavy atom. The Kier molecular flexibility index (Phi) is 9.22. The smallest absolute Gasteiger partial charge is 0.407 e. The molecule has 1 N–H and O–H groups in total. The van der Waals surface area contributed by atoms with Crippen LogP contribution in [0.25, 0.3) is 0 Å². The first-order chi connectivity index (χ1) is 16.5. The second-order valence-corrected chi connectivity index (χ2v) is 11.7. The summed E-state index contributed by atoms with van der Waals surface area (Å²) in [5.41, 5.74) is 0.478. The molecule has 1 fully saturated rings. The number of unbranched alkanes of at least 4 members (excludes halogenated alkanes) is 4. The SMILES string of the molecule is CCCCCCCC(=O)Oc1cc(F)c2c(c1)[C@@]1(C)CCCCC[C@@H](C2)[C@@H]1NC(=O)OC(C)(C)C. The molecule has 2 aliphatic rings. The Balaban J connectivity index is 1.84. The third-order valence-corrected chi connectivity index (χ3v) is 7.57. The average Bonchev–Trinajstić information content (AvgIpc) is 2.75. The summed E-state index contributed by atoms with van der Waals surface area (Å²) in [6.45, 7) is 9.82. The van der Waals surface area contributed by atoms with Gasteiger partial charge in [-0.2, -0.15) is 0 Å². The van der Waals surface area contributed by atoms with Crippen molar-refractivity contribution in [3.8, 4) is 5.75 Å². The summed E-state index contributed by atoms with van der Waals surface area (Å²) in [6, 6.07) is 3.03. The van der Waals surface area contributed by atoms with E-state index < -0.39 is 17.1 Å². The monoisotopic (exact) mass is 489 g/mol. The van der Waals surface area contributed by atoms with Crippen molar-refractivity contribution in [1.82, 2.24) is 5.32 Å². The van der Waals surface area contributed by atoms with Gasteiger partial charge in [0.25, 0.3) is 0 Å². The van der Waals surface area contributed by atoms with Crippen LogP contribution in [0.5, 0.6) is 5.75 Å². The Hall–Kier alpha value is -2.11. The number of hydrogen-bond acceptors (Lipinski definition) is 4. The molecule has 1 amide bonds. The van der Waals surface area contributed by atoms with E-state index >= 15 is 4.39 Å². The van der Waals surface area contributed by atoms with Crippen molar-refractivity contribution < 1.29 is 23.5 Å². The van der Waals surface area contributed by atoms with E-state index in [1.54, 1.807) is 0 Å². The standard InChI is InChI=1S/C29H44FNO4/c1-6-7-8-9-12-15-25(32)34-21-18-23-22(24(30)19-21)17-20-14-11-10-13-16-29(23,5)26(20)31-27(33)35-28(2,3)4/h18-20,26H,6-17H2,1-5H3,(H,31,33)/t20-,26-,29+/m0/s1. The molecule has 1 saturated carbocycles. The molecule has 196 valence electrons. The largest absolute Gasteiger partial charge is 0.444 e.